The van der Waals surface area contributed by atoms with Gasteiger partial charge in [-0.3, -0.25) is 19.3 Å². The number of hydrogen-bond acceptors (Lipinski definition) is 6. The molecule has 0 aromatic heterocycles. The Morgan fingerprint density at radius 3 is 2.30 bits per heavy atom. The lowest BCUT2D eigenvalue weighted by Gasteiger charge is -2.39. The van der Waals surface area contributed by atoms with Crippen LogP contribution in [0.15, 0.2) is 115 Å². The second kappa shape index (κ2) is 15.6. The fraction of sp³-hybridized carbons (Fsp3) is 0.327. The molecule has 1 fully saturated rings. The van der Waals surface area contributed by atoms with Crippen molar-refractivity contribution in [3.8, 4) is 5.75 Å². The van der Waals surface area contributed by atoms with E-state index >= 15 is 4.79 Å². The lowest BCUT2D eigenvalue weighted by atomic mass is 9.82. The SMILES string of the molecule is COc1ccc([Si](C)(C)[C@H]2[C@H](CC(=O)N3Cc4ccccc4C[C@H]3CO)O[C@@]3(C(=O)N(Cc4ccc(N5C(=O)CCc6ccccc65)cc4)c4ccc(Cl)cc43)[C@@H]2C)cc1. The Morgan fingerprint density at radius 2 is 1.58 bits per heavy atom. The molecule has 3 amide bonds. The quantitative estimate of drug-likeness (QED) is 0.151. The lowest BCUT2D eigenvalue weighted by molar-refractivity contribution is -0.151. The third-order valence-corrected chi connectivity index (χ3v) is 18.3. The Balaban J connectivity index is 1.07. The first kappa shape index (κ1) is 40.2. The number of aliphatic hydroxyl groups is 1. The van der Waals surface area contributed by atoms with Gasteiger partial charge in [-0.25, -0.2) is 0 Å². The van der Waals surface area contributed by atoms with Crippen molar-refractivity contribution in [3.05, 3.63) is 148 Å². The van der Waals surface area contributed by atoms with Crippen molar-refractivity contribution in [2.75, 3.05) is 23.5 Å². The average molecular weight is 840 g/mol. The molecule has 1 spiro atoms. The van der Waals surface area contributed by atoms with E-state index in [1.165, 1.54) is 5.19 Å². The third-order valence-electron chi connectivity index (χ3n) is 13.7. The zero-order valence-corrected chi connectivity index (χ0v) is 36.2. The summed E-state index contributed by atoms with van der Waals surface area (Å²) in [7, 11) is -0.902. The number of aliphatic hydroxyl groups excluding tert-OH is 1. The number of hydrogen-bond donors (Lipinski definition) is 1. The Morgan fingerprint density at radius 1 is 0.883 bits per heavy atom. The first-order valence-corrected chi connectivity index (χ1v) is 24.3. The van der Waals surface area contributed by atoms with E-state index in [-0.39, 0.29) is 54.8 Å². The van der Waals surface area contributed by atoms with Gasteiger partial charge in [-0.05, 0) is 89.2 Å². The lowest BCUT2D eigenvalue weighted by Crippen LogP contribution is -2.52. The topological polar surface area (TPSA) is 99.6 Å². The number of carbonyl (C=O) groups excluding carboxylic acids is 3. The number of fused-ring (bicyclic) bond motifs is 4. The third kappa shape index (κ3) is 6.65. The fourth-order valence-electron chi connectivity index (χ4n) is 10.6. The molecule has 4 aliphatic heterocycles. The van der Waals surface area contributed by atoms with Crippen LogP contribution in [0.25, 0.3) is 0 Å². The molecular formula is C49H50ClN3O6Si. The number of amides is 3. The van der Waals surface area contributed by atoms with E-state index in [1.807, 2.05) is 84.9 Å². The predicted molar refractivity (Wildman–Crippen MR) is 237 cm³/mol. The summed E-state index contributed by atoms with van der Waals surface area (Å²) in [6, 6.07) is 37.3. The number of methoxy groups -OCH3 is 1. The molecule has 1 N–H and O–H groups in total. The van der Waals surface area contributed by atoms with Crippen LogP contribution in [-0.2, 0) is 50.7 Å². The van der Waals surface area contributed by atoms with Crippen molar-refractivity contribution in [2.24, 2.45) is 5.92 Å². The second-order valence-electron chi connectivity index (χ2n) is 17.3. The van der Waals surface area contributed by atoms with E-state index in [0.717, 1.165) is 51.5 Å². The number of halogens is 1. The van der Waals surface area contributed by atoms with Gasteiger partial charge in [0.1, 0.15) is 5.75 Å². The number of para-hydroxylation sites is 1. The van der Waals surface area contributed by atoms with Gasteiger partial charge in [0.25, 0.3) is 5.91 Å². The summed E-state index contributed by atoms with van der Waals surface area (Å²) >= 11 is 6.77. The highest BCUT2D eigenvalue weighted by Gasteiger charge is 2.66. The van der Waals surface area contributed by atoms with Crippen molar-refractivity contribution in [1.29, 1.82) is 0 Å². The Bertz CT molecular complexity index is 2480. The zero-order valence-electron chi connectivity index (χ0n) is 34.4. The number of rotatable bonds is 9. The van der Waals surface area contributed by atoms with Gasteiger partial charge in [-0.2, -0.15) is 0 Å². The Kier molecular flexibility index (Phi) is 10.5. The van der Waals surface area contributed by atoms with Gasteiger partial charge in [-0.1, -0.05) is 104 Å². The molecule has 5 aromatic carbocycles. The summed E-state index contributed by atoms with van der Waals surface area (Å²) in [5.41, 5.74) is 5.79. The van der Waals surface area contributed by atoms with Crippen LogP contribution in [-0.4, -0.2) is 61.7 Å². The molecule has 4 heterocycles. The van der Waals surface area contributed by atoms with Gasteiger partial charge in [0, 0.05) is 35.2 Å². The minimum absolute atomic E-state index is 0.0528. The zero-order chi connectivity index (χ0) is 41.9. The smallest absolute Gasteiger partial charge is 0.264 e. The van der Waals surface area contributed by atoms with Crippen LogP contribution in [0.2, 0.25) is 23.7 Å². The molecule has 5 atom stereocenters. The molecule has 0 aliphatic carbocycles. The first-order valence-electron chi connectivity index (χ1n) is 20.9. The summed E-state index contributed by atoms with van der Waals surface area (Å²) in [6.45, 7) is 7.23. The molecule has 0 bridgehead atoms. The Labute approximate surface area is 357 Å². The van der Waals surface area contributed by atoms with E-state index in [2.05, 4.69) is 44.3 Å². The second-order valence-corrected chi connectivity index (χ2v) is 22.4. The van der Waals surface area contributed by atoms with Crippen LogP contribution in [0.4, 0.5) is 17.1 Å². The summed E-state index contributed by atoms with van der Waals surface area (Å²) in [4.78, 5) is 48.7. The van der Waals surface area contributed by atoms with E-state index in [1.54, 1.807) is 27.9 Å². The summed E-state index contributed by atoms with van der Waals surface area (Å²) in [5.74, 6) is 0.185. The van der Waals surface area contributed by atoms with Crippen molar-refractivity contribution >= 4 is 59.6 Å². The number of nitrogens with zero attached hydrogens (tertiary/aromatic N) is 3. The van der Waals surface area contributed by atoms with Gasteiger partial charge in [0.15, 0.2) is 5.60 Å². The molecule has 11 heteroatoms. The van der Waals surface area contributed by atoms with Crippen LogP contribution in [0.3, 0.4) is 0 Å². The summed E-state index contributed by atoms with van der Waals surface area (Å²) < 4.78 is 12.8. The average Bonchev–Trinajstić information content (AvgIpc) is 3.68. The molecule has 5 aromatic rings. The van der Waals surface area contributed by atoms with Crippen LogP contribution in [0.1, 0.15) is 47.6 Å². The maximum atomic E-state index is 15.4. The molecule has 308 valence electrons. The summed E-state index contributed by atoms with van der Waals surface area (Å²) in [6.07, 6.45) is 1.19. The molecular weight excluding hydrogens is 790 g/mol. The predicted octanol–water partition coefficient (Wildman–Crippen LogP) is 8.06. The number of aryl methyl sites for hydroxylation is 1. The number of ether oxygens (including phenoxy) is 2. The van der Waals surface area contributed by atoms with Crippen LogP contribution in [0, 0.1) is 5.92 Å². The number of benzene rings is 5. The van der Waals surface area contributed by atoms with Gasteiger partial charge in [0.2, 0.25) is 11.8 Å². The first-order chi connectivity index (χ1) is 28.9. The largest absolute Gasteiger partial charge is 0.497 e. The molecule has 1 saturated heterocycles. The van der Waals surface area contributed by atoms with E-state index < -0.39 is 19.8 Å². The highest BCUT2D eigenvalue weighted by molar-refractivity contribution is 6.91. The van der Waals surface area contributed by atoms with Crippen LogP contribution in [0.5, 0.6) is 5.75 Å². The minimum Gasteiger partial charge on any atom is -0.497 e. The van der Waals surface area contributed by atoms with Crippen molar-refractivity contribution in [2.45, 2.75) is 82.1 Å². The van der Waals surface area contributed by atoms with Crippen molar-refractivity contribution in [1.82, 2.24) is 4.90 Å². The van der Waals surface area contributed by atoms with Gasteiger partial charge >= 0.3 is 0 Å². The van der Waals surface area contributed by atoms with E-state index in [4.69, 9.17) is 21.1 Å². The normalized spacial score (nSPS) is 23.5. The maximum Gasteiger partial charge on any atom is 0.264 e. The number of anilines is 3. The molecule has 0 saturated carbocycles. The van der Waals surface area contributed by atoms with E-state index in [9.17, 15) is 14.7 Å². The van der Waals surface area contributed by atoms with Crippen molar-refractivity contribution < 1.29 is 29.0 Å². The van der Waals surface area contributed by atoms with Crippen LogP contribution < -0.4 is 19.7 Å². The van der Waals surface area contributed by atoms with Gasteiger partial charge in [0.05, 0.1) is 58.3 Å². The molecule has 0 unspecified atom stereocenters. The highest BCUT2D eigenvalue weighted by Crippen LogP contribution is 2.60. The van der Waals surface area contributed by atoms with Gasteiger partial charge in [-0.15, -0.1) is 0 Å². The van der Waals surface area contributed by atoms with Crippen molar-refractivity contribution in [3.63, 3.8) is 0 Å². The highest BCUT2D eigenvalue weighted by atomic mass is 35.5. The standard InChI is InChI=1S/C49H50ClN3O6Si/c1-31-47(60(3,4)40-21-19-39(58-2)20-22-40)44(27-46(56)51-29-35-11-6-5-10-34(35)25-38(51)30-54)59-49(31)41-26-36(50)16-23-43(41)52(48(49)57)28-32-13-17-37(18-14-32)53-42-12-8-7-9-33(42)15-24-45(53)55/h5-14,16-23,26,31,38,44,47,54H,15,24-25,27-30H2,1-4H3/t31-,38+,44+,47-,49+/m1/s1. The molecule has 4 aliphatic rings. The van der Waals surface area contributed by atoms with Crippen LogP contribution >= 0.6 is 11.6 Å². The minimum atomic E-state index is -2.55. The Hall–Kier alpha value is -5.26. The molecule has 0 radical (unpaired) electrons. The van der Waals surface area contributed by atoms with E-state index in [0.29, 0.717) is 30.0 Å². The fourth-order valence-corrected chi connectivity index (χ4v) is 14.8. The number of carbonyl (C=O) groups is 3. The maximum absolute atomic E-state index is 15.4. The monoisotopic (exact) mass is 839 g/mol. The summed E-state index contributed by atoms with van der Waals surface area (Å²) in [5, 5.41) is 12.2. The van der Waals surface area contributed by atoms with Gasteiger partial charge < -0.3 is 24.4 Å². The molecule has 9 rings (SSSR count). The molecule has 9 nitrogen and oxygen atoms in total. The molecule has 60 heavy (non-hydrogen) atoms.